The van der Waals surface area contributed by atoms with E-state index in [2.05, 4.69) is 36.8 Å². The zero-order chi connectivity index (χ0) is 20.2. The van der Waals surface area contributed by atoms with Gasteiger partial charge in [0.1, 0.15) is 0 Å². The Labute approximate surface area is 175 Å². The minimum Gasteiger partial charge on any atom is -0.348 e. The lowest BCUT2D eigenvalue weighted by atomic mass is 10.1. The van der Waals surface area contributed by atoms with Gasteiger partial charge in [-0.2, -0.15) is 5.10 Å². The molecule has 1 heterocycles. The van der Waals surface area contributed by atoms with Crippen LogP contribution >= 0.6 is 15.9 Å². The molecule has 6 nitrogen and oxygen atoms in total. The minimum absolute atomic E-state index is 0.192. The second-order valence-corrected chi connectivity index (χ2v) is 7.38. The normalized spacial score (nSPS) is 10.7. The maximum atomic E-state index is 12.5. The van der Waals surface area contributed by atoms with Crippen molar-refractivity contribution in [1.29, 1.82) is 0 Å². The fourth-order valence-electron chi connectivity index (χ4n) is 2.91. The van der Waals surface area contributed by atoms with Crippen LogP contribution in [0.2, 0.25) is 0 Å². The van der Waals surface area contributed by atoms with E-state index < -0.39 is 0 Å². The number of benzene rings is 3. The van der Waals surface area contributed by atoms with Crippen LogP contribution in [0.25, 0.3) is 10.9 Å². The second kappa shape index (κ2) is 8.28. The third kappa shape index (κ3) is 4.35. The van der Waals surface area contributed by atoms with Gasteiger partial charge in [-0.1, -0.05) is 46.3 Å². The van der Waals surface area contributed by atoms with Crippen molar-refractivity contribution in [2.75, 3.05) is 5.32 Å². The van der Waals surface area contributed by atoms with E-state index in [-0.39, 0.29) is 11.8 Å². The molecular weight excluding hydrogens is 432 g/mol. The van der Waals surface area contributed by atoms with Crippen molar-refractivity contribution in [1.82, 2.24) is 15.5 Å². The number of anilines is 1. The van der Waals surface area contributed by atoms with Crippen LogP contribution in [0.3, 0.4) is 0 Å². The first-order valence-corrected chi connectivity index (χ1v) is 9.76. The maximum Gasteiger partial charge on any atom is 0.256 e. The Morgan fingerprint density at radius 1 is 0.897 bits per heavy atom. The molecule has 3 aromatic carbocycles. The second-order valence-electron chi connectivity index (χ2n) is 6.46. The molecule has 4 rings (SSSR count). The number of nitrogens with zero attached hydrogens (tertiary/aromatic N) is 1. The Kier molecular flexibility index (Phi) is 5.39. The van der Waals surface area contributed by atoms with Crippen LogP contribution in [0.5, 0.6) is 0 Å². The predicted molar refractivity (Wildman–Crippen MR) is 116 cm³/mol. The third-order valence-electron chi connectivity index (χ3n) is 4.46. The molecule has 0 radical (unpaired) electrons. The zero-order valence-electron chi connectivity index (χ0n) is 15.3. The van der Waals surface area contributed by atoms with Crippen molar-refractivity contribution in [3.8, 4) is 0 Å². The highest BCUT2D eigenvalue weighted by Crippen LogP contribution is 2.23. The van der Waals surface area contributed by atoms with Crippen LogP contribution in [-0.2, 0) is 6.54 Å². The Balaban J connectivity index is 1.52. The van der Waals surface area contributed by atoms with Crippen LogP contribution in [-0.4, -0.2) is 22.0 Å². The summed E-state index contributed by atoms with van der Waals surface area (Å²) in [5.41, 5.74) is 2.76. The van der Waals surface area contributed by atoms with Crippen LogP contribution in [0.15, 0.2) is 77.3 Å². The number of halogens is 1. The quantitative estimate of drug-likeness (QED) is 0.419. The Morgan fingerprint density at radius 3 is 2.38 bits per heavy atom. The molecule has 0 bridgehead atoms. The standard InChI is InChI=1S/C22H17BrN4O2/c23-17-9-6-15(7-10-17)22(29)25-20-18-12-16(8-11-19(18)26-27-20)21(28)24-13-14-4-2-1-3-5-14/h1-12H,13H2,(H,24,28)(H2,25,26,27,29). The van der Waals surface area contributed by atoms with Crippen molar-refractivity contribution < 1.29 is 9.59 Å². The van der Waals surface area contributed by atoms with Gasteiger partial charge >= 0.3 is 0 Å². The van der Waals surface area contributed by atoms with Gasteiger partial charge in [0.2, 0.25) is 0 Å². The highest BCUT2D eigenvalue weighted by Gasteiger charge is 2.14. The van der Waals surface area contributed by atoms with E-state index in [0.717, 1.165) is 15.6 Å². The number of hydrogen-bond donors (Lipinski definition) is 3. The molecular formula is C22H17BrN4O2. The molecule has 0 saturated heterocycles. The molecule has 0 unspecified atom stereocenters. The van der Waals surface area contributed by atoms with Crippen molar-refractivity contribution in [2.45, 2.75) is 6.54 Å². The number of amides is 2. The first-order valence-electron chi connectivity index (χ1n) is 8.97. The molecule has 0 aliphatic rings. The molecule has 0 spiro atoms. The summed E-state index contributed by atoms with van der Waals surface area (Å²) in [7, 11) is 0. The van der Waals surface area contributed by atoms with Crippen molar-refractivity contribution in [3.63, 3.8) is 0 Å². The fourth-order valence-corrected chi connectivity index (χ4v) is 3.18. The van der Waals surface area contributed by atoms with E-state index in [0.29, 0.717) is 28.9 Å². The van der Waals surface area contributed by atoms with Crippen molar-refractivity contribution in [3.05, 3.63) is 94.0 Å². The molecule has 2 amide bonds. The van der Waals surface area contributed by atoms with E-state index in [9.17, 15) is 9.59 Å². The summed E-state index contributed by atoms with van der Waals surface area (Å²) in [6.07, 6.45) is 0. The lowest BCUT2D eigenvalue weighted by Gasteiger charge is -2.06. The number of H-pyrrole nitrogens is 1. The topological polar surface area (TPSA) is 86.9 Å². The number of aromatic nitrogens is 2. The van der Waals surface area contributed by atoms with Crippen LogP contribution in [0, 0.1) is 0 Å². The molecule has 29 heavy (non-hydrogen) atoms. The highest BCUT2D eigenvalue weighted by atomic mass is 79.9. The van der Waals surface area contributed by atoms with E-state index in [4.69, 9.17) is 0 Å². The highest BCUT2D eigenvalue weighted by molar-refractivity contribution is 9.10. The molecule has 7 heteroatoms. The van der Waals surface area contributed by atoms with E-state index in [1.54, 1.807) is 42.5 Å². The van der Waals surface area contributed by atoms with Crippen molar-refractivity contribution in [2.24, 2.45) is 0 Å². The lowest BCUT2D eigenvalue weighted by molar-refractivity contribution is 0.0950. The van der Waals surface area contributed by atoms with Gasteiger partial charge in [-0.3, -0.25) is 14.7 Å². The average Bonchev–Trinajstić information content (AvgIpc) is 3.15. The monoisotopic (exact) mass is 448 g/mol. The summed E-state index contributed by atoms with van der Waals surface area (Å²) >= 11 is 3.35. The average molecular weight is 449 g/mol. The number of nitrogens with one attached hydrogen (secondary N) is 3. The van der Waals surface area contributed by atoms with E-state index in [1.165, 1.54) is 0 Å². The molecule has 0 aliphatic heterocycles. The largest absolute Gasteiger partial charge is 0.348 e. The maximum absolute atomic E-state index is 12.5. The van der Waals surface area contributed by atoms with Gasteiger partial charge in [0.25, 0.3) is 11.8 Å². The summed E-state index contributed by atoms with van der Waals surface area (Å²) in [5, 5.41) is 13.4. The fraction of sp³-hybridized carbons (Fsp3) is 0.0455. The first-order chi connectivity index (χ1) is 14.1. The molecule has 4 aromatic rings. The molecule has 0 saturated carbocycles. The van der Waals surface area contributed by atoms with Gasteiger partial charge in [0, 0.05) is 27.5 Å². The van der Waals surface area contributed by atoms with Gasteiger partial charge in [0.05, 0.1) is 5.52 Å². The van der Waals surface area contributed by atoms with Crippen LogP contribution in [0.4, 0.5) is 5.82 Å². The predicted octanol–water partition coefficient (Wildman–Crippen LogP) is 4.51. The van der Waals surface area contributed by atoms with Gasteiger partial charge in [0.15, 0.2) is 5.82 Å². The number of rotatable bonds is 5. The first kappa shape index (κ1) is 18.9. The number of hydrogen-bond acceptors (Lipinski definition) is 3. The zero-order valence-corrected chi connectivity index (χ0v) is 16.9. The Hall–Kier alpha value is -3.45. The molecule has 3 N–H and O–H groups in total. The lowest BCUT2D eigenvalue weighted by Crippen LogP contribution is -2.22. The van der Waals surface area contributed by atoms with Gasteiger partial charge in [-0.25, -0.2) is 0 Å². The summed E-state index contributed by atoms with van der Waals surface area (Å²) in [4.78, 5) is 25.0. The molecule has 0 aliphatic carbocycles. The smallest absolute Gasteiger partial charge is 0.256 e. The number of carbonyl (C=O) groups excluding carboxylic acids is 2. The number of aromatic amines is 1. The Bertz CT molecular complexity index is 1170. The molecule has 1 aromatic heterocycles. The minimum atomic E-state index is -0.273. The van der Waals surface area contributed by atoms with Gasteiger partial charge in [-0.15, -0.1) is 0 Å². The van der Waals surface area contributed by atoms with E-state index >= 15 is 0 Å². The summed E-state index contributed by atoms with van der Waals surface area (Å²) in [5.74, 6) is -0.0856. The van der Waals surface area contributed by atoms with E-state index in [1.807, 2.05) is 30.3 Å². The van der Waals surface area contributed by atoms with Gasteiger partial charge in [-0.05, 0) is 48.0 Å². The van der Waals surface area contributed by atoms with Crippen molar-refractivity contribution >= 4 is 44.5 Å². The Morgan fingerprint density at radius 2 is 1.62 bits per heavy atom. The van der Waals surface area contributed by atoms with Gasteiger partial charge < -0.3 is 10.6 Å². The summed E-state index contributed by atoms with van der Waals surface area (Å²) in [6, 6.07) is 21.9. The molecule has 0 atom stereocenters. The summed E-state index contributed by atoms with van der Waals surface area (Å²) in [6.45, 7) is 0.441. The number of carbonyl (C=O) groups is 2. The third-order valence-corrected chi connectivity index (χ3v) is 4.99. The molecule has 0 fully saturated rings. The van der Waals surface area contributed by atoms with Crippen LogP contribution < -0.4 is 10.6 Å². The number of fused-ring (bicyclic) bond motifs is 1. The van der Waals surface area contributed by atoms with Crippen LogP contribution in [0.1, 0.15) is 26.3 Å². The summed E-state index contributed by atoms with van der Waals surface area (Å²) < 4.78 is 0.894. The molecule has 144 valence electrons. The SMILES string of the molecule is O=C(NCc1ccccc1)c1ccc2[nH]nc(NC(=O)c3ccc(Br)cc3)c2c1.